The highest BCUT2D eigenvalue weighted by Gasteiger charge is 2.14. The Morgan fingerprint density at radius 3 is 2.47 bits per heavy atom. The van der Waals surface area contributed by atoms with Crippen molar-refractivity contribution in [2.24, 2.45) is 0 Å². The van der Waals surface area contributed by atoms with Crippen LogP contribution in [0.25, 0.3) is 6.08 Å². The highest BCUT2D eigenvalue weighted by Crippen LogP contribution is 2.06. The summed E-state index contributed by atoms with van der Waals surface area (Å²) in [5, 5.41) is 10.6. The third kappa shape index (κ3) is 2.90. The quantitative estimate of drug-likeness (QED) is 0.440. The van der Waals surface area contributed by atoms with Gasteiger partial charge >= 0.3 is 5.71 Å². The highest BCUT2D eigenvalue weighted by atomic mass is 16.4. The van der Waals surface area contributed by atoms with E-state index in [4.69, 9.17) is 5.53 Å². The van der Waals surface area contributed by atoms with Crippen molar-refractivity contribution in [1.29, 1.82) is 5.53 Å². The molecule has 0 aliphatic heterocycles. The lowest BCUT2D eigenvalue weighted by Gasteiger charge is -1.96. The molecule has 0 saturated heterocycles. The van der Waals surface area contributed by atoms with Crippen LogP contribution in [0.2, 0.25) is 0 Å². The Morgan fingerprint density at radius 1 is 1.40 bits per heavy atom. The van der Waals surface area contributed by atoms with Crippen LogP contribution < -0.4 is 5.11 Å². The van der Waals surface area contributed by atoms with Crippen molar-refractivity contribution < 1.29 is 14.7 Å². The standard InChI is InChI=1S/C11H10N2O2/c1-8(10(13-12)11(14)15)7-9-5-3-2-4-6-9/h2-7,12H,1H3. The molecule has 0 amide bonds. The van der Waals surface area contributed by atoms with E-state index in [0.29, 0.717) is 5.57 Å². The minimum Gasteiger partial charge on any atom is -0.538 e. The average Bonchev–Trinajstić information content (AvgIpc) is 2.19. The van der Waals surface area contributed by atoms with Crippen LogP contribution in [0, 0.1) is 5.53 Å². The molecule has 0 saturated carbocycles. The summed E-state index contributed by atoms with van der Waals surface area (Å²) in [4.78, 5) is 13.5. The largest absolute Gasteiger partial charge is 0.538 e. The zero-order chi connectivity index (χ0) is 11.3. The molecule has 15 heavy (non-hydrogen) atoms. The Labute approximate surface area is 87.1 Å². The summed E-state index contributed by atoms with van der Waals surface area (Å²) in [5.74, 6) is -1.44. The van der Waals surface area contributed by atoms with Crippen molar-refractivity contribution in [2.45, 2.75) is 6.92 Å². The zero-order valence-electron chi connectivity index (χ0n) is 8.23. The first-order valence-electron chi connectivity index (χ1n) is 4.34. The van der Waals surface area contributed by atoms with Gasteiger partial charge < -0.3 is 9.90 Å². The Balaban J connectivity index is 3.04. The van der Waals surface area contributed by atoms with Gasteiger partial charge in [0.15, 0.2) is 5.97 Å². The number of aliphatic carboxylic acids is 1. The first-order chi connectivity index (χ1) is 7.15. The van der Waals surface area contributed by atoms with E-state index < -0.39 is 5.97 Å². The van der Waals surface area contributed by atoms with Gasteiger partial charge in [0.05, 0.1) is 10.3 Å². The van der Waals surface area contributed by atoms with E-state index in [9.17, 15) is 9.90 Å². The Bertz CT molecular complexity index is 443. The molecule has 0 fully saturated rings. The van der Waals surface area contributed by atoms with Gasteiger partial charge in [-0.2, -0.15) is 0 Å². The minimum atomic E-state index is -1.44. The van der Waals surface area contributed by atoms with Gasteiger partial charge in [0.2, 0.25) is 0 Å². The molecule has 0 unspecified atom stereocenters. The van der Waals surface area contributed by atoms with Gasteiger partial charge in [0.25, 0.3) is 0 Å². The lowest BCUT2D eigenvalue weighted by molar-refractivity contribution is -0.298. The summed E-state index contributed by atoms with van der Waals surface area (Å²) in [6, 6.07) is 9.22. The summed E-state index contributed by atoms with van der Waals surface area (Å²) >= 11 is 0. The normalized spacial score (nSPS) is 10.6. The van der Waals surface area contributed by atoms with Gasteiger partial charge in [-0.1, -0.05) is 30.3 Å². The molecule has 4 heteroatoms. The first-order valence-corrected chi connectivity index (χ1v) is 4.34. The van der Waals surface area contributed by atoms with Crippen molar-refractivity contribution in [3.8, 4) is 0 Å². The maximum atomic E-state index is 10.6. The van der Waals surface area contributed by atoms with Crippen molar-refractivity contribution in [3.05, 3.63) is 41.5 Å². The Kier molecular flexibility index (Phi) is 3.55. The number of carbonyl (C=O) groups excluding carboxylic acids is 1. The molecule has 0 atom stereocenters. The molecule has 0 spiro atoms. The second kappa shape index (κ2) is 4.88. The van der Waals surface area contributed by atoms with Crippen LogP contribution in [0.4, 0.5) is 0 Å². The molecular weight excluding hydrogens is 192 g/mol. The fraction of sp³-hybridized carbons (Fsp3) is 0.0909. The van der Waals surface area contributed by atoms with Crippen LogP contribution >= 0.6 is 0 Å². The number of carboxylic acid groups (broad SMARTS) is 1. The molecule has 76 valence electrons. The summed E-state index contributed by atoms with van der Waals surface area (Å²) in [6.07, 6.45) is 1.64. The molecular formula is C11H10N2O2. The van der Waals surface area contributed by atoms with E-state index in [2.05, 4.69) is 4.79 Å². The SMILES string of the molecule is CC(=Cc1ccccc1)C(=[N+]=N)C(=O)[O-]. The molecule has 1 rings (SSSR count). The highest BCUT2D eigenvalue weighted by molar-refractivity contribution is 6.39. The first kappa shape index (κ1) is 10.9. The van der Waals surface area contributed by atoms with E-state index in [0.717, 1.165) is 5.56 Å². The van der Waals surface area contributed by atoms with Gasteiger partial charge in [-0.15, -0.1) is 0 Å². The third-order valence-corrected chi connectivity index (χ3v) is 1.86. The van der Waals surface area contributed by atoms with Crippen LogP contribution in [-0.2, 0) is 4.79 Å². The molecule has 0 aromatic heterocycles. The molecule has 0 aliphatic carbocycles. The number of nitrogens with one attached hydrogen (secondary N) is 1. The number of nitrogens with zero attached hydrogens (tertiary/aromatic N) is 1. The van der Waals surface area contributed by atoms with E-state index in [1.807, 2.05) is 30.3 Å². The van der Waals surface area contributed by atoms with Crippen LogP contribution in [0.3, 0.4) is 0 Å². The molecule has 1 aromatic carbocycles. The average molecular weight is 202 g/mol. The number of carbonyl (C=O) groups is 1. The van der Waals surface area contributed by atoms with Crippen molar-refractivity contribution >= 4 is 17.8 Å². The van der Waals surface area contributed by atoms with Crippen LogP contribution in [-0.4, -0.2) is 16.5 Å². The second-order valence-corrected chi connectivity index (χ2v) is 2.99. The summed E-state index contributed by atoms with van der Waals surface area (Å²) < 4.78 is 0. The zero-order valence-corrected chi connectivity index (χ0v) is 8.23. The molecule has 0 radical (unpaired) electrons. The number of rotatable bonds is 3. The summed E-state index contributed by atoms with van der Waals surface area (Å²) in [6.45, 7) is 1.58. The molecule has 0 bridgehead atoms. The topological polar surface area (TPSA) is 78.1 Å². The summed E-state index contributed by atoms with van der Waals surface area (Å²) in [7, 11) is 0. The Hall–Kier alpha value is -2.19. The molecule has 1 aromatic rings. The van der Waals surface area contributed by atoms with E-state index >= 15 is 0 Å². The van der Waals surface area contributed by atoms with Crippen LogP contribution in [0.15, 0.2) is 35.9 Å². The second-order valence-electron chi connectivity index (χ2n) is 2.99. The van der Waals surface area contributed by atoms with Crippen molar-refractivity contribution in [3.63, 3.8) is 0 Å². The molecule has 4 nitrogen and oxygen atoms in total. The van der Waals surface area contributed by atoms with Gasteiger partial charge in [-0.25, -0.2) is 0 Å². The van der Waals surface area contributed by atoms with Gasteiger partial charge in [0, 0.05) is 5.57 Å². The predicted molar refractivity (Wildman–Crippen MR) is 53.1 cm³/mol. The number of carboxylic acids is 1. The molecule has 0 heterocycles. The summed E-state index contributed by atoms with van der Waals surface area (Å²) in [5.41, 5.74) is 7.62. The fourth-order valence-corrected chi connectivity index (χ4v) is 1.16. The molecule has 0 aliphatic rings. The van der Waals surface area contributed by atoms with Crippen molar-refractivity contribution in [1.82, 2.24) is 0 Å². The number of benzene rings is 1. The van der Waals surface area contributed by atoms with Crippen molar-refractivity contribution in [2.75, 3.05) is 0 Å². The third-order valence-electron chi connectivity index (χ3n) is 1.86. The smallest absolute Gasteiger partial charge is 0.390 e. The van der Waals surface area contributed by atoms with E-state index in [1.54, 1.807) is 13.0 Å². The maximum absolute atomic E-state index is 10.6. The molecule has 1 N–H and O–H groups in total. The number of hydrogen-bond donors (Lipinski definition) is 1. The van der Waals surface area contributed by atoms with Gasteiger partial charge in [-0.3, -0.25) is 0 Å². The lowest BCUT2D eigenvalue weighted by Crippen LogP contribution is -2.33. The Morgan fingerprint density at radius 2 is 2.00 bits per heavy atom. The van der Waals surface area contributed by atoms with Gasteiger partial charge in [-0.05, 0) is 18.6 Å². The van der Waals surface area contributed by atoms with Crippen LogP contribution in [0.5, 0.6) is 0 Å². The van der Waals surface area contributed by atoms with Gasteiger partial charge in [0.1, 0.15) is 0 Å². The van der Waals surface area contributed by atoms with E-state index in [-0.39, 0.29) is 5.71 Å². The predicted octanol–water partition coefficient (Wildman–Crippen LogP) is 0.520. The lowest BCUT2D eigenvalue weighted by atomic mass is 10.1. The fourth-order valence-electron chi connectivity index (χ4n) is 1.16. The number of hydrogen-bond acceptors (Lipinski definition) is 3. The van der Waals surface area contributed by atoms with E-state index in [1.165, 1.54) is 0 Å². The minimum absolute atomic E-state index is 0.348. The monoisotopic (exact) mass is 202 g/mol. The van der Waals surface area contributed by atoms with Crippen LogP contribution in [0.1, 0.15) is 12.5 Å². The maximum Gasteiger partial charge on any atom is 0.390 e.